The minimum Gasteiger partial charge on any atom is -0.480 e. The van der Waals surface area contributed by atoms with Gasteiger partial charge in [-0.25, -0.2) is 4.99 Å². The highest BCUT2D eigenvalue weighted by molar-refractivity contribution is 8.15. The first-order valence-corrected chi connectivity index (χ1v) is 6.65. The van der Waals surface area contributed by atoms with Crippen molar-refractivity contribution in [3.05, 3.63) is 35.6 Å². The van der Waals surface area contributed by atoms with E-state index in [2.05, 4.69) is 11.1 Å². The number of allylic oxidation sites excluding steroid dienone is 5. The molecule has 0 aromatic rings. The average Bonchev–Trinajstić information content (AvgIpc) is 2.58. The van der Waals surface area contributed by atoms with Crippen molar-refractivity contribution in [3.8, 4) is 0 Å². The topological polar surface area (TPSA) is 49.7 Å². The van der Waals surface area contributed by atoms with Crippen LogP contribution in [-0.4, -0.2) is 21.4 Å². The Balaban J connectivity index is 1.87. The van der Waals surface area contributed by atoms with Crippen molar-refractivity contribution in [2.45, 2.75) is 24.5 Å². The quantitative estimate of drug-likeness (QED) is 0.775. The third kappa shape index (κ3) is 1.97. The van der Waals surface area contributed by atoms with E-state index in [4.69, 9.17) is 5.11 Å². The highest BCUT2D eigenvalue weighted by Gasteiger charge is 2.38. The summed E-state index contributed by atoms with van der Waals surface area (Å²) in [6.45, 7) is 0. The first-order chi connectivity index (χ1) is 8.24. The molecule has 1 saturated heterocycles. The summed E-state index contributed by atoms with van der Waals surface area (Å²) in [6.07, 6.45) is 10.8. The largest absolute Gasteiger partial charge is 0.480 e. The Bertz CT molecular complexity index is 488. The Labute approximate surface area is 104 Å². The summed E-state index contributed by atoms with van der Waals surface area (Å²) in [6, 6.07) is 0. The first kappa shape index (κ1) is 10.8. The third-order valence-corrected chi connectivity index (χ3v) is 4.68. The van der Waals surface area contributed by atoms with Crippen LogP contribution in [0.2, 0.25) is 0 Å². The number of hydrogen-bond donors (Lipinski definition) is 1. The molecule has 3 rings (SSSR count). The number of rotatable bonds is 1. The van der Waals surface area contributed by atoms with Crippen molar-refractivity contribution >= 4 is 22.8 Å². The number of hydrogen-bond acceptors (Lipinski definition) is 3. The maximum Gasteiger partial charge on any atom is 0.317 e. The van der Waals surface area contributed by atoms with Crippen LogP contribution in [0.5, 0.6) is 0 Å². The third-order valence-electron chi connectivity index (χ3n) is 3.34. The van der Waals surface area contributed by atoms with E-state index in [1.54, 1.807) is 0 Å². The number of thioether (sulfide) groups is 1. The van der Waals surface area contributed by atoms with Gasteiger partial charge in [-0.05, 0) is 30.9 Å². The summed E-state index contributed by atoms with van der Waals surface area (Å²) < 4.78 is 0. The van der Waals surface area contributed by atoms with Gasteiger partial charge in [-0.1, -0.05) is 30.0 Å². The molecule has 17 heavy (non-hydrogen) atoms. The Morgan fingerprint density at radius 1 is 1.47 bits per heavy atom. The molecule has 88 valence electrons. The van der Waals surface area contributed by atoms with E-state index in [9.17, 15) is 4.79 Å². The van der Waals surface area contributed by atoms with Gasteiger partial charge in [0.2, 0.25) is 0 Å². The van der Waals surface area contributed by atoms with Crippen LogP contribution in [0.3, 0.4) is 0 Å². The van der Waals surface area contributed by atoms with Crippen LogP contribution in [0, 0.1) is 5.92 Å². The molecule has 2 heterocycles. The van der Waals surface area contributed by atoms with Crippen molar-refractivity contribution < 1.29 is 9.90 Å². The molecule has 2 unspecified atom stereocenters. The standard InChI is InChI=1S/C13H13NO2S/c15-13(16)11-7-9-6-8-4-2-1-3-5-10(8)14-12(9)17-11/h1-3,5,9,11H,4,6-7H2,(H,15,16). The molecule has 0 amide bonds. The lowest BCUT2D eigenvalue weighted by molar-refractivity contribution is -0.136. The zero-order chi connectivity index (χ0) is 11.8. The molecule has 0 aromatic heterocycles. The van der Waals surface area contributed by atoms with Gasteiger partial charge in [0.25, 0.3) is 0 Å². The van der Waals surface area contributed by atoms with Crippen LogP contribution in [0.4, 0.5) is 0 Å². The summed E-state index contributed by atoms with van der Waals surface area (Å²) in [7, 11) is 0. The lowest BCUT2D eigenvalue weighted by Crippen LogP contribution is -2.14. The zero-order valence-electron chi connectivity index (χ0n) is 9.30. The first-order valence-electron chi connectivity index (χ1n) is 5.77. The van der Waals surface area contributed by atoms with E-state index >= 15 is 0 Å². The summed E-state index contributed by atoms with van der Waals surface area (Å²) in [5, 5.41) is 9.76. The van der Waals surface area contributed by atoms with Crippen molar-refractivity contribution in [2.24, 2.45) is 10.9 Å². The van der Waals surface area contributed by atoms with Crippen molar-refractivity contribution in [1.82, 2.24) is 0 Å². The van der Waals surface area contributed by atoms with Crippen LogP contribution in [0.25, 0.3) is 0 Å². The monoisotopic (exact) mass is 247 g/mol. The minimum atomic E-state index is -0.710. The van der Waals surface area contributed by atoms with Gasteiger partial charge in [-0.2, -0.15) is 0 Å². The summed E-state index contributed by atoms with van der Waals surface area (Å²) in [5.41, 5.74) is 2.38. The van der Waals surface area contributed by atoms with Crippen molar-refractivity contribution in [3.63, 3.8) is 0 Å². The average molecular weight is 247 g/mol. The maximum absolute atomic E-state index is 11.0. The zero-order valence-corrected chi connectivity index (χ0v) is 10.1. The summed E-state index contributed by atoms with van der Waals surface area (Å²) in [5.74, 6) is -0.377. The molecule has 3 aliphatic rings. The van der Waals surface area contributed by atoms with Gasteiger partial charge in [0, 0.05) is 5.92 Å². The molecule has 1 fully saturated rings. The number of aliphatic imine (C=N–C) groups is 1. The highest BCUT2D eigenvalue weighted by Crippen LogP contribution is 2.42. The molecular weight excluding hydrogens is 234 g/mol. The van der Waals surface area contributed by atoms with E-state index in [0.29, 0.717) is 5.92 Å². The smallest absolute Gasteiger partial charge is 0.317 e. The normalized spacial score (nSPS) is 30.7. The van der Waals surface area contributed by atoms with E-state index < -0.39 is 5.97 Å². The second kappa shape index (κ2) is 4.18. The van der Waals surface area contributed by atoms with E-state index in [1.165, 1.54) is 17.3 Å². The second-order valence-electron chi connectivity index (χ2n) is 4.51. The molecule has 0 radical (unpaired) electrons. The summed E-state index contributed by atoms with van der Waals surface area (Å²) >= 11 is 1.43. The Hall–Kier alpha value is -1.29. The van der Waals surface area contributed by atoms with Gasteiger partial charge in [-0.3, -0.25) is 4.79 Å². The second-order valence-corrected chi connectivity index (χ2v) is 5.73. The van der Waals surface area contributed by atoms with Crippen molar-refractivity contribution in [1.29, 1.82) is 0 Å². The van der Waals surface area contributed by atoms with Crippen LogP contribution >= 0.6 is 11.8 Å². The molecule has 0 saturated carbocycles. The van der Waals surface area contributed by atoms with Gasteiger partial charge in [0.15, 0.2) is 0 Å². The fourth-order valence-electron chi connectivity index (χ4n) is 2.47. The molecule has 3 nitrogen and oxygen atoms in total. The number of carboxylic acids is 1. The number of fused-ring (bicyclic) bond motifs is 1. The summed E-state index contributed by atoms with van der Waals surface area (Å²) in [4.78, 5) is 15.6. The van der Waals surface area contributed by atoms with Gasteiger partial charge in [0.05, 0.1) is 10.7 Å². The molecule has 1 aliphatic carbocycles. The molecule has 1 N–H and O–H groups in total. The molecule has 2 aliphatic heterocycles. The molecule has 0 spiro atoms. The molecular formula is C13H13NO2S. The molecule has 2 atom stereocenters. The SMILES string of the molecule is O=C(O)C1CC2CC3=C(C=CC=CC3)N=C2S1. The maximum atomic E-state index is 11.0. The van der Waals surface area contributed by atoms with E-state index in [-0.39, 0.29) is 5.25 Å². The number of aliphatic carboxylic acids is 1. The van der Waals surface area contributed by atoms with Gasteiger partial charge >= 0.3 is 5.97 Å². The lowest BCUT2D eigenvalue weighted by atomic mass is 9.91. The van der Waals surface area contributed by atoms with Crippen LogP contribution in [0.1, 0.15) is 19.3 Å². The number of nitrogens with zero attached hydrogens (tertiary/aromatic N) is 1. The Morgan fingerprint density at radius 2 is 2.35 bits per heavy atom. The van der Waals surface area contributed by atoms with E-state index in [1.807, 2.05) is 18.2 Å². The van der Waals surface area contributed by atoms with Crippen molar-refractivity contribution in [2.75, 3.05) is 0 Å². The van der Waals surface area contributed by atoms with Gasteiger partial charge in [0.1, 0.15) is 5.25 Å². The fraction of sp³-hybridized carbons (Fsp3) is 0.385. The molecule has 4 heteroatoms. The molecule has 0 aromatic carbocycles. The Morgan fingerprint density at radius 3 is 3.18 bits per heavy atom. The van der Waals surface area contributed by atoms with Crippen LogP contribution in [0.15, 0.2) is 40.6 Å². The van der Waals surface area contributed by atoms with E-state index in [0.717, 1.165) is 30.0 Å². The van der Waals surface area contributed by atoms with Gasteiger partial charge < -0.3 is 5.11 Å². The number of carbonyl (C=O) groups is 1. The Kier molecular flexibility index (Phi) is 2.67. The minimum absolute atomic E-state index is 0.304. The predicted octanol–water partition coefficient (Wildman–Crippen LogP) is 2.77. The highest BCUT2D eigenvalue weighted by atomic mass is 32.2. The van der Waals surface area contributed by atoms with Gasteiger partial charge in [-0.15, -0.1) is 0 Å². The molecule has 0 bridgehead atoms. The van der Waals surface area contributed by atoms with Crippen LogP contribution in [-0.2, 0) is 4.79 Å². The fourth-order valence-corrected chi connectivity index (χ4v) is 3.71. The predicted molar refractivity (Wildman–Crippen MR) is 69.1 cm³/mol. The lowest BCUT2D eigenvalue weighted by Gasteiger charge is -2.19. The number of carboxylic acid groups (broad SMARTS) is 1. The van der Waals surface area contributed by atoms with Crippen LogP contribution < -0.4 is 0 Å².